The molecular weight excluding hydrogens is 276 g/mol. The van der Waals surface area contributed by atoms with E-state index < -0.39 is 0 Å². The van der Waals surface area contributed by atoms with Gasteiger partial charge in [0.1, 0.15) is 5.56 Å². The number of aromatic amines is 1. The standard InChI is InChI=1S/C18H14N2O2/c21-17(12-11-14-7-3-1-4-8-14)16-13-19-20(18(16)22)15-9-5-2-6-10-15/h1-13,19H/b12-11+. The zero-order chi connectivity index (χ0) is 15.4. The van der Waals surface area contributed by atoms with Crippen molar-refractivity contribution >= 4 is 11.9 Å². The van der Waals surface area contributed by atoms with E-state index in [4.69, 9.17) is 0 Å². The number of nitrogens with one attached hydrogen (secondary N) is 1. The molecule has 2 aromatic carbocycles. The van der Waals surface area contributed by atoms with Gasteiger partial charge in [0.2, 0.25) is 0 Å². The third-order valence-corrected chi connectivity index (χ3v) is 3.28. The Hall–Kier alpha value is -3.14. The van der Waals surface area contributed by atoms with Crippen LogP contribution >= 0.6 is 0 Å². The molecule has 1 heterocycles. The van der Waals surface area contributed by atoms with E-state index in [1.54, 1.807) is 18.2 Å². The van der Waals surface area contributed by atoms with Gasteiger partial charge in [-0.05, 0) is 23.8 Å². The Morgan fingerprint density at radius 1 is 0.955 bits per heavy atom. The largest absolute Gasteiger partial charge is 0.297 e. The minimum Gasteiger partial charge on any atom is -0.297 e. The molecule has 0 saturated heterocycles. The van der Waals surface area contributed by atoms with Crippen LogP contribution in [0.1, 0.15) is 15.9 Å². The summed E-state index contributed by atoms with van der Waals surface area (Å²) in [6.45, 7) is 0. The molecule has 4 heteroatoms. The van der Waals surface area contributed by atoms with Crippen LogP contribution in [0.3, 0.4) is 0 Å². The van der Waals surface area contributed by atoms with E-state index in [2.05, 4.69) is 5.10 Å². The molecule has 0 amide bonds. The van der Waals surface area contributed by atoms with Crippen molar-refractivity contribution in [3.8, 4) is 5.69 Å². The number of nitrogens with zero attached hydrogens (tertiary/aromatic N) is 1. The summed E-state index contributed by atoms with van der Waals surface area (Å²) in [7, 11) is 0. The van der Waals surface area contributed by atoms with Crippen molar-refractivity contribution in [3.63, 3.8) is 0 Å². The predicted octanol–water partition coefficient (Wildman–Crippen LogP) is 3.06. The molecule has 0 aliphatic carbocycles. The molecule has 0 fully saturated rings. The molecule has 0 saturated carbocycles. The minimum atomic E-state index is -0.353. The predicted molar refractivity (Wildman–Crippen MR) is 86.2 cm³/mol. The quantitative estimate of drug-likeness (QED) is 0.593. The van der Waals surface area contributed by atoms with Crippen LogP contribution < -0.4 is 5.56 Å². The van der Waals surface area contributed by atoms with Crippen molar-refractivity contribution in [1.29, 1.82) is 0 Å². The normalized spacial score (nSPS) is 10.9. The maximum Gasteiger partial charge on any atom is 0.282 e. The van der Waals surface area contributed by atoms with Crippen molar-refractivity contribution in [2.24, 2.45) is 0 Å². The smallest absolute Gasteiger partial charge is 0.282 e. The zero-order valence-electron chi connectivity index (χ0n) is 11.8. The zero-order valence-corrected chi connectivity index (χ0v) is 11.8. The summed E-state index contributed by atoms with van der Waals surface area (Å²) in [5.41, 5.74) is 1.37. The topological polar surface area (TPSA) is 54.9 Å². The first-order valence-electron chi connectivity index (χ1n) is 6.89. The lowest BCUT2D eigenvalue weighted by Crippen LogP contribution is -2.19. The Kier molecular flexibility index (Phi) is 3.83. The molecule has 1 aromatic heterocycles. The number of ketones is 1. The molecule has 3 aromatic rings. The summed E-state index contributed by atoms with van der Waals surface area (Å²) in [5, 5.41) is 2.82. The van der Waals surface area contributed by atoms with Crippen LogP contribution in [-0.2, 0) is 0 Å². The molecule has 0 spiro atoms. The lowest BCUT2D eigenvalue weighted by molar-refractivity contribution is 0.104. The molecular formula is C18H14N2O2. The Morgan fingerprint density at radius 3 is 2.27 bits per heavy atom. The van der Waals surface area contributed by atoms with Gasteiger partial charge in [-0.3, -0.25) is 14.7 Å². The number of carbonyl (C=O) groups is 1. The molecule has 0 unspecified atom stereocenters. The van der Waals surface area contributed by atoms with Gasteiger partial charge in [-0.15, -0.1) is 0 Å². The highest BCUT2D eigenvalue weighted by Crippen LogP contribution is 2.06. The Labute approximate surface area is 127 Å². The van der Waals surface area contributed by atoms with Gasteiger partial charge in [-0.2, -0.15) is 0 Å². The Morgan fingerprint density at radius 2 is 1.59 bits per heavy atom. The Bertz CT molecular complexity index is 859. The second-order valence-corrected chi connectivity index (χ2v) is 4.77. The van der Waals surface area contributed by atoms with Crippen LogP contribution in [0.2, 0.25) is 0 Å². The first-order valence-corrected chi connectivity index (χ1v) is 6.89. The summed E-state index contributed by atoms with van der Waals surface area (Å²) >= 11 is 0. The lowest BCUT2D eigenvalue weighted by atomic mass is 10.1. The van der Waals surface area contributed by atoms with E-state index >= 15 is 0 Å². The number of benzene rings is 2. The molecule has 0 atom stereocenters. The summed E-state index contributed by atoms with van der Waals surface area (Å²) in [6, 6.07) is 18.6. The maximum atomic E-state index is 12.3. The van der Waals surface area contributed by atoms with Crippen molar-refractivity contribution in [3.05, 3.63) is 94.4 Å². The highest BCUT2D eigenvalue weighted by atomic mass is 16.2. The van der Waals surface area contributed by atoms with Crippen LogP contribution in [0.5, 0.6) is 0 Å². The average Bonchev–Trinajstić information content (AvgIpc) is 2.96. The first kappa shape index (κ1) is 13.8. The van der Waals surface area contributed by atoms with Crippen LogP contribution in [-0.4, -0.2) is 15.6 Å². The van der Waals surface area contributed by atoms with E-state index in [1.165, 1.54) is 17.0 Å². The summed E-state index contributed by atoms with van der Waals surface area (Å²) in [6.07, 6.45) is 4.55. The molecule has 22 heavy (non-hydrogen) atoms. The number of H-pyrrole nitrogens is 1. The van der Waals surface area contributed by atoms with Gasteiger partial charge in [0, 0.05) is 6.20 Å². The van der Waals surface area contributed by atoms with Gasteiger partial charge >= 0.3 is 0 Å². The van der Waals surface area contributed by atoms with Gasteiger partial charge in [0.05, 0.1) is 5.69 Å². The minimum absolute atomic E-state index is 0.121. The highest BCUT2D eigenvalue weighted by Gasteiger charge is 2.12. The van der Waals surface area contributed by atoms with Crippen molar-refractivity contribution < 1.29 is 4.79 Å². The summed E-state index contributed by atoms with van der Waals surface area (Å²) in [5.74, 6) is -0.320. The third-order valence-electron chi connectivity index (χ3n) is 3.28. The second kappa shape index (κ2) is 6.10. The molecule has 0 bridgehead atoms. The van der Waals surface area contributed by atoms with Gasteiger partial charge in [0.15, 0.2) is 5.78 Å². The number of carbonyl (C=O) groups excluding carboxylic acids is 1. The van der Waals surface area contributed by atoms with Crippen LogP contribution in [0.4, 0.5) is 0 Å². The SMILES string of the molecule is O=C(/C=C/c1ccccc1)c1c[nH]n(-c2ccccc2)c1=O. The fourth-order valence-electron chi connectivity index (χ4n) is 2.14. The molecule has 0 radical (unpaired) electrons. The number of para-hydroxylation sites is 1. The average molecular weight is 290 g/mol. The Balaban J connectivity index is 1.87. The van der Waals surface area contributed by atoms with Crippen LogP contribution in [0.25, 0.3) is 11.8 Å². The van der Waals surface area contributed by atoms with E-state index in [0.717, 1.165) is 5.56 Å². The summed E-state index contributed by atoms with van der Waals surface area (Å²) in [4.78, 5) is 24.5. The molecule has 0 aliphatic heterocycles. The molecule has 1 N–H and O–H groups in total. The molecule has 0 aliphatic rings. The fourth-order valence-corrected chi connectivity index (χ4v) is 2.14. The number of hydrogen-bond acceptors (Lipinski definition) is 2. The second-order valence-electron chi connectivity index (χ2n) is 4.77. The number of hydrogen-bond donors (Lipinski definition) is 1. The van der Waals surface area contributed by atoms with E-state index in [0.29, 0.717) is 5.69 Å². The number of aromatic nitrogens is 2. The first-order chi connectivity index (χ1) is 10.8. The fraction of sp³-hybridized carbons (Fsp3) is 0. The van der Waals surface area contributed by atoms with E-state index in [1.807, 2.05) is 48.5 Å². The number of allylic oxidation sites excluding steroid dienone is 1. The van der Waals surface area contributed by atoms with Gasteiger partial charge in [0.25, 0.3) is 5.56 Å². The van der Waals surface area contributed by atoms with Gasteiger partial charge in [-0.25, -0.2) is 4.68 Å². The van der Waals surface area contributed by atoms with Crippen LogP contribution in [0, 0.1) is 0 Å². The molecule has 108 valence electrons. The molecule has 4 nitrogen and oxygen atoms in total. The maximum absolute atomic E-state index is 12.3. The van der Waals surface area contributed by atoms with E-state index in [9.17, 15) is 9.59 Å². The van der Waals surface area contributed by atoms with Crippen LogP contribution in [0.15, 0.2) is 77.7 Å². The van der Waals surface area contributed by atoms with Gasteiger partial charge in [-0.1, -0.05) is 54.6 Å². The molecule has 3 rings (SSSR count). The van der Waals surface area contributed by atoms with Crippen molar-refractivity contribution in [1.82, 2.24) is 9.78 Å². The number of rotatable bonds is 4. The van der Waals surface area contributed by atoms with Gasteiger partial charge < -0.3 is 0 Å². The van der Waals surface area contributed by atoms with E-state index in [-0.39, 0.29) is 16.9 Å². The highest BCUT2D eigenvalue weighted by molar-refractivity contribution is 6.06. The van der Waals surface area contributed by atoms with Crippen molar-refractivity contribution in [2.75, 3.05) is 0 Å². The van der Waals surface area contributed by atoms with Crippen molar-refractivity contribution in [2.45, 2.75) is 0 Å². The summed E-state index contributed by atoms with van der Waals surface area (Å²) < 4.78 is 1.35. The lowest BCUT2D eigenvalue weighted by Gasteiger charge is -1.99. The monoisotopic (exact) mass is 290 g/mol. The third kappa shape index (κ3) is 2.81.